The minimum atomic E-state index is -0.0865. The molecule has 0 spiro atoms. The van der Waals surface area contributed by atoms with Crippen LogP contribution in [0.5, 0.6) is 5.88 Å². The van der Waals surface area contributed by atoms with Gasteiger partial charge in [-0.15, -0.1) is 0 Å². The van der Waals surface area contributed by atoms with Crippen LogP contribution < -0.4 is 10.1 Å². The van der Waals surface area contributed by atoms with Crippen molar-refractivity contribution in [3.05, 3.63) is 51.9 Å². The molecular weight excluding hydrogens is 309 g/mol. The summed E-state index contributed by atoms with van der Waals surface area (Å²) < 4.78 is 5.16. The van der Waals surface area contributed by atoms with Crippen LogP contribution in [0.15, 0.2) is 30.6 Å². The lowest BCUT2D eigenvalue weighted by atomic mass is 10.0. The molecule has 1 N–H and O–H groups in total. The van der Waals surface area contributed by atoms with Gasteiger partial charge in [-0.1, -0.05) is 36.2 Å². The Labute approximate surface area is 134 Å². The molecule has 0 bridgehead atoms. The molecule has 2 aromatic rings. The van der Waals surface area contributed by atoms with Gasteiger partial charge >= 0.3 is 0 Å². The van der Waals surface area contributed by atoms with Crippen molar-refractivity contribution in [2.24, 2.45) is 0 Å². The summed E-state index contributed by atoms with van der Waals surface area (Å²) >= 11 is 12.1. The van der Waals surface area contributed by atoms with Gasteiger partial charge in [0.25, 0.3) is 0 Å². The normalized spacial score (nSPS) is 12.2. The average molecular weight is 326 g/mol. The minimum absolute atomic E-state index is 0.0865. The van der Waals surface area contributed by atoms with Crippen molar-refractivity contribution in [2.75, 3.05) is 13.7 Å². The molecule has 0 aliphatic heterocycles. The largest absolute Gasteiger partial charge is 0.481 e. The van der Waals surface area contributed by atoms with E-state index in [1.54, 1.807) is 13.2 Å². The van der Waals surface area contributed by atoms with Crippen molar-refractivity contribution in [3.63, 3.8) is 0 Å². The van der Waals surface area contributed by atoms with E-state index in [4.69, 9.17) is 27.9 Å². The summed E-state index contributed by atoms with van der Waals surface area (Å²) in [7, 11) is 1.58. The molecule has 0 saturated heterocycles. The summed E-state index contributed by atoms with van der Waals surface area (Å²) in [6, 6.07) is 7.31. The first-order chi connectivity index (χ1) is 10.2. The summed E-state index contributed by atoms with van der Waals surface area (Å²) in [6.07, 6.45) is 2.51. The number of hydrogen-bond donors (Lipinski definition) is 1. The lowest BCUT2D eigenvalue weighted by Gasteiger charge is -2.19. The van der Waals surface area contributed by atoms with Gasteiger partial charge in [-0.25, -0.2) is 9.97 Å². The van der Waals surface area contributed by atoms with Gasteiger partial charge in [-0.05, 0) is 30.7 Å². The Bertz CT molecular complexity index is 607. The predicted octanol–water partition coefficient (Wildman–Crippen LogP) is 3.88. The Hall–Kier alpha value is -1.36. The zero-order valence-electron chi connectivity index (χ0n) is 11.9. The van der Waals surface area contributed by atoms with Crippen LogP contribution in [-0.4, -0.2) is 23.6 Å². The quantitative estimate of drug-likeness (QED) is 0.875. The van der Waals surface area contributed by atoms with Crippen LogP contribution in [0, 0.1) is 0 Å². The van der Waals surface area contributed by atoms with E-state index in [9.17, 15) is 0 Å². The van der Waals surface area contributed by atoms with E-state index >= 15 is 0 Å². The first kappa shape index (κ1) is 16.0. The van der Waals surface area contributed by atoms with Gasteiger partial charge in [0.1, 0.15) is 6.33 Å². The van der Waals surface area contributed by atoms with Gasteiger partial charge in [0.2, 0.25) is 5.88 Å². The summed E-state index contributed by atoms with van der Waals surface area (Å²) in [5.74, 6) is 0.531. The van der Waals surface area contributed by atoms with Crippen molar-refractivity contribution >= 4 is 23.2 Å². The summed E-state index contributed by atoms with van der Waals surface area (Å²) in [4.78, 5) is 8.38. The Kier molecular flexibility index (Phi) is 5.79. The van der Waals surface area contributed by atoms with E-state index < -0.39 is 0 Å². The van der Waals surface area contributed by atoms with Gasteiger partial charge in [0.15, 0.2) is 0 Å². The number of aromatic nitrogens is 2. The van der Waals surface area contributed by atoms with Gasteiger partial charge in [-0.3, -0.25) is 0 Å². The Balaban J connectivity index is 2.38. The molecular formula is C15H17Cl2N3O. The van der Waals surface area contributed by atoms with E-state index in [0.29, 0.717) is 15.9 Å². The van der Waals surface area contributed by atoms with E-state index in [-0.39, 0.29) is 6.04 Å². The summed E-state index contributed by atoms with van der Waals surface area (Å²) in [5, 5.41) is 4.52. The van der Waals surface area contributed by atoms with Gasteiger partial charge in [0.05, 0.1) is 28.9 Å². The van der Waals surface area contributed by atoms with Crippen LogP contribution in [0.25, 0.3) is 0 Å². The zero-order valence-corrected chi connectivity index (χ0v) is 13.4. The maximum Gasteiger partial charge on any atom is 0.216 e. The number of methoxy groups -OCH3 is 1. The molecule has 1 heterocycles. The topological polar surface area (TPSA) is 47.0 Å². The third-order valence-electron chi connectivity index (χ3n) is 3.04. The molecule has 0 amide bonds. The zero-order chi connectivity index (χ0) is 15.2. The molecule has 1 unspecified atom stereocenters. The third-order valence-corrected chi connectivity index (χ3v) is 3.78. The molecule has 0 aliphatic carbocycles. The molecule has 21 heavy (non-hydrogen) atoms. The molecule has 1 aromatic carbocycles. The molecule has 0 saturated carbocycles. The Morgan fingerprint density at radius 2 is 2.00 bits per heavy atom. The summed E-state index contributed by atoms with van der Waals surface area (Å²) in [5.41, 5.74) is 1.83. The third kappa shape index (κ3) is 4.06. The molecule has 112 valence electrons. The maximum absolute atomic E-state index is 6.12. The fourth-order valence-electron chi connectivity index (χ4n) is 2.00. The fraction of sp³-hybridized carbons (Fsp3) is 0.333. The van der Waals surface area contributed by atoms with E-state index in [1.165, 1.54) is 6.33 Å². The van der Waals surface area contributed by atoms with Gasteiger partial charge in [-0.2, -0.15) is 0 Å². The highest BCUT2D eigenvalue weighted by Crippen LogP contribution is 2.28. The average Bonchev–Trinajstić information content (AvgIpc) is 2.51. The first-order valence-corrected chi connectivity index (χ1v) is 7.45. The SMILES string of the molecule is CCCNC(c1ccc(Cl)c(Cl)c1)c1cc(OC)ncn1. The van der Waals surface area contributed by atoms with Crippen LogP contribution in [-0.2, 0) is 0 Å². The van der Waals surface area contributed by atoms with E-state index in [0.717, 1.165) is 24.2 Å². The smallest absolute Gasteiger partial charge is 0.216 e. The molecule has 0 radical (unpaired) electrons. The van der Waals surface area contributed by atoms with Gasteiger partial charge < -0.3 is 10.1 Å². The van der Waals surface area contributed by atoms with Crippen molar-refractivity contribution in [3.8, 4) is 5.88 Å². The van der Waals surface area contributed by atoms with Gasteiger partial charge in [0, 0.05) is 6.07 Å². The lowest BCUT2D eigenvalue weighted by molar-refractivity contribution is 0.394. The molecule has 6 heteroatoms. The highest BCUT2D eigenvalue weighted by atomic mass is 35.5. The van der Waals surface area contributed by atoms with Crippen LogP contribution >= 0.6 is 23.2 Å². The number of benzene rings is 1. The molecule has 4 nitrogen and oxygen atoms in total. The van der Waals surface area contributed by atoms with Crippen molar-refractivity contribution in [1.29, 1.82) is 0 Å². The van der Waals surface area contributed by atoms with E-state index in [1.807, 2.05) is 18.2 Å². The number of rotatable bonds is 6. The number of nitrogens with one attached hydrogen (secondary N) is 1. The number of halogens is 2. The predicted molar refractivity (Wildman–Crippen MR) is 85.2 cm³/mol. The second-order valence-corrected chi connectivity index (χ2v) is 5.36. The first-order valence-electron chi connectivity index (χ1n) is 6.70. The Morgan fingerprint density at radius 3 is 2.67 bits per heavy atom. The molecule has 2 rings (SSSR count). The fourth-order valence-corrected chi connectivity index (χ4v) is 2.30. The second-order valence-electron chi connectivity index (χ2n) is 4.55. The van der Waals surface area contributed by atoms with Crippen molar-refractivity contribution in [1.82, 2.24) is 15.3 Å². The van der Waals surface area contributed by atoms with Crippen LogP contribution in [0.1, 0.15) is 30.6 Å². The van der Waals surface area contributed by atoms with Crippen LogP contribution in [0.4, 0.5) is 0 Å². The second kappa shape index (κ2) is 7.59. The van der Waals surface area contributed by atoms with Crippen molar-refractivity contribution < 1.29 is 4.74 Å². The van der Waals surface area contributed by atoms with Crippen LogP contribution in [0.2, 0.25) is 10.0 Å². The van der Waals surface area contributed by atoms with E-state index in [2.05, 4.69) is 22.2 Å². The molecule has 1 aromatic heterocycles. The molecule has 0 aliphatic rings. The molecule has 1 atom stereocenters. The van der Waals surface area contributed by atoms with Crippen molar-refractivity contribution in [2.45, 2.75) is 19.4 Å². The molecule has 0 fully saturated rings. The lowest BCUT2D eigenvalue weighted by Crippen LogP contribution is -2.24. The number of ether oxygens (including phenoxy) is 1. The highest BCUT2D eigenvalue weighted by molar-refractivity contribution is 6.42. The number of nitrogens with zero attached hydrogens (tertiary/aromatic N) is 2. The Morgan fingerprint density at radius 1 is 1.19 bits per heavy atom. The maximum atomic E-state index is 6.12. The monoisotopic (exact) mass is 325 g/mol. The number of hydrogen-bond acceptors (Lipinski definition) is 4. The van der Waals surface area contributed by atoms with Crippen LogP contribution in [0.3, 0.4) is 0 Å². The highest BCUT2D eigenvalue weighted by Gasteiger charge is 2.17. The summed E-state index contributed by atoms with van der Waals surface area (Å²) in [6.45, 7) is 2.97. The minimum Gasteiger partial charge on any atom is -0.481 e. The standard InChI is InChI=1S/C15H17Cl2N3O/c1-3-6-18-15(10-4-5-11(16)12(17)7-10)13-8-14(21-2)20-9-19-13/h4-5,7-9,15,18H,3,6H2,1-2H3.